The van der Waals surface area contributed by atoms with E-state index < -0.39 is 10.0 Å². The highest BCUT2D eigenvalue weighted by Gasteiger charge is 2.18. The molecule has 0 aromatic heterocycles. The summed E-state index contributed by atoms with van der Waals surface area (Å²) in [5, 5.41) is 0. The maximum absolute atomic E-state index is 12.0. The molecule has 4 N–H and O–H groups in total. The lowest BCUT2D eigenvalue weighted by atomic mass is 10.3. The Morgan fingerprint density at radius 2 is 2.06 bits per heavy atom. The van der Waals surface area contributed by atoms with Crippen LogP contribution in [0.25, 0.3) is 0 Å². The standard InChI is InChI=1S/C10H17N3O3S/c1-8(16-2)7-12-17(14,15)10-6-4-3-5-9(10)13-11/h3-6,8,12-13H,7,11H2,1-2H3. The van der Waals surface area contributed by atoms with E-state index in [9.17, 15) is 8.42 Å². The molecule has 0 aliphatic rings. The Morgan fingerprint density at radius 3 is 2.65 bits per heavy atom. The van der Waals surface area contributed by atoms with E-state index >= 15 is 0 Å². The van der Waals surface area contributed by atoms with Crippen LogP contribution >= 0.6 is 0 Å². The minimum Gasteiger partial charge on any atom is -0.380 e. The summed E-state index contributed by atoms with van der Waals surface area (Å²) in [7, 11) is -2.06. The quantitative estimate of drug-likeness (QED) is 0.504. The number of benzene rings is 1. The lowest BCUT2D eigenvalue weighted by Crippen LogP contribution is -2.32. The number of rotatable bonds is 6. The van der Waals surface area contributed by atoms with Gasteiger partial charge < -0.3 is 10.2 Å². The molecule has 0 aliphatic carbocycles. The molecule has 6 nitrogen and oxygen atoms in total. The lowest BCUT2D eigenvalue weighted by molar-refractivity contribution is 0.122. The first-order valence-electron chi connectivity index (χ1n) is 5.09. The van der Waals surface area contributed by atoms with E-state index in [0.29, 0.717) is 5.69 Å². The Morgan fingerprint density at radius 1 is 1.41 bits per heavy atom. The molecule has 1 rings (SSSR count). The topological polar surface area (TPSA) is 93.4 Å². The van der Waals surface area contributed by atoms with Gasteiger partial charge in [0.05, 0.1) is 11.8 Å². The average Bonchev–Trinajstić information content (AvgIpc) is 2.35. The fourth-order valence-electron chi connectivity index (χ4n) is 1.21. The number of hydrazine groups is 1. The lowest BCUT2D eigenvalue weighted by Gasteiger charge is -2.13. The number of nitrogens with one attached hydrogen (secondary N) is 2. The third kappa shape index (κ3) is 3.67. The van der Waals surface area contributed by atoms with Gasteiger partial charge in [0.25, 0.3) is 0 Å². The van der Waals surface area contributed by atoms with Gasteiger partial charge in [0, 0.05) is 13.7 Å². The van der Waals surface area contributed by atoms with Gasteiger partial charge >= 0.3 is 0 Å². The van der Waals surface area contributed by atoms with Crippen molar-refractivity contribution in [1.82, 2.24) is 4.72 Å². The van der Waals surface area contributed by atoms with Crippen molar-refractivity contribution in [3.8, 4) is 0 Å². The smallest absolute Gasteiger partial charge is 0.242 e. The van der Waals surface area contributed by atoms with Crippen molar-refractivity contribution in [2.24, 2.45) is 5.84 Å². The summed E-state index contributed by atoms with van der Waals surface area (Å²) in [5.41, 5.74) is 2.70. The molecule has 1 atom stereocenters. The Hall–Kier alpha value is -1.15. The average molecular weight is 259 g/mol. The number of nitrogens with two attached hydrogens (primary N) is 1. The Labute approximate surface area is 101 Å². The summed E-state index contributed by atoms with van der Waals surface area (Å²) < 4.78 is 31.4. The molecular weight excluding hydrogens is 242 g/mol. The van der Waals surface area contributed by atoms with E-state index in [1.54, 1.807) is 25.1 Å². The highest BCUT2D eigenvalue weighted by Crippen LogP contribution is 2.19. The predicted octanol–water partition coefficient (Wildman–Crippen LogP) is 0.285. The van der Waals surface area contributed by atoms with E-state index in [0.717, 1.165) is 0 Å². The number of anilines is 1. The summed E-state index contributed by atoms with van der Waals surface area (Å²) in [4.78, 5) is 0.116. The normalized spacial score (nSPS) is 13.4. The molecule has 1 unspecified atom stereocenters. The summed E-state index contributed by atoms with van der Waals surface area (Å²) >= 11 is 0. The first-order valence-corrected chi connectivity index (χ1v) is 6.57. The van der Waals surface area contributed by atoms with Gasteiger partial charge in [-0.3, -0.25) is 5.84 Å². The van der Waals surface area contributed by atoms with Crippen molar-refractivity contribution in [2.45, 2.75) is 17.9 Å². The van der Waals surface area contributed by atoms with E-state index in [-0.39, 0.29) is 17.5 Å². The fraction of sp³-hybridized carbons (Fsp3) is 0.400. The monoisotopic (exact) mass is 259 g/mol. The highest BCUT2D eigenvalue weighted by molar-refractivity contribution is 7.89. The molecule has 0 aliphatic heterocycles. The Bertz CT molecular complexity index is 462. The Balaban J connectivity index is 2.89. The van der Waals surface area contributed by atoms with Gasteiger partial charge in [-0.15, -0.1) is 0 Å². The first-order chi connectivity index (χ1) is 8.01. The molecule has 0 fully saturated rings. The molecular formula is C10H17N3O3S. The summed E-state index contributed by atoms with van der Waals surface area (Å²) in [6.07, 6.45) is -0.192. The van der Waals surface area contributed by atoms with Crippen LogP contribution in [0.1, 0.15) is 6.92 Å². The summed E-state index contributed by atoms with van der Waals surface area (Å²) in [5.74, 6) is 5.26. The van der Waals surface area contributed by atoms with Crippen LogP contribution in [-0.4, -0.2) is 28.2 Å². The largest absolute Gasteiger partial charge is 0.380 e. The van der Waals surface area contributed by atoms with Crippen LogP contribution in [0.4, 0.5) is 5.69 Å². The molecule has 17 heavy (non-hydrogen) atoms. The number of para-hydroxylation sites is 1. The van der Waals surface area contributed by atoms with E-state index in [4.69, 9.17) is 10.6 Å². The van der Waals surface area contributed by atoms with Crippen molar-refractivity contribution in [2.75, 3.05) is 19.1 Å². The second kappa shape index (κ2) is 5.97. The Kier molecular flexibility index (Phi) is 4.88. The SMILES string of the molecule is COC(C)CNS(=O)(=O)c1ccccc1NN. The van der Waals surface area contributed by atoms with Gasteiger partial charge in [0.15, 0.2) is 0 Å². The predicted molar refractivity (Wildman–Crippen MR) is 65.9 cm³/mol. The second-order valence-electron chi connectivity index (χ2n) is 3.54. The number of hydrogen-bond donors (Lipinski definition) is 3. The molecule has 96 valence electrons. The molecule has 0 saturated carbocycles. The van der Waals surface area contributed by atoms with Gasteiger partial charge in [0.1, 0.15) is 4.90 Å². The van der Waals surface area contributed by atoms with E-state index in [2.05, 4.69) is 10.1 Å². The summed E-state index contributed by atoms with van der Waals surface area (Å²) in [6.45, 7) is 1.98. The van der Waals surface area contributed by atoms with Crippen molar-refractivity contribution in [1.29, 1.82) is 0 Å². The van der Waals surface area contributed by atoms with Gasteiger partial charge in [-0.1, -0.05) is 12.1 Å². The number of ether oxygens (including phenoxy) is 1. The molecule has 7 heteroatoms. The zero-order chi connectivity index (χ0) is 12.9. The van der Waals surface area contributed by atoms with Crippen molar-refractivity contribution in [3.05, 3.63) is 24.3 Å². The molecule has 0 bridgehead atoms. The number of methoxy groups -OCH3 is 1. The first kappa shape index (κ1) is 13.9. The molecule has 0 saturated heterocycles. The highest BCUT2D eigenvalue weighted by atomic mass is 32.2. The zero-order valence-corrected chi connectivity index (χ0v) is 10.6. The van der Waals surface area contributed by atoms with Crippen molar-refractivity contribution >= 4 is 15.7 Å². The minimum atomic E-state index is -3.58. The molecule has 0 heterocycles. The summed E-state index contributed by atoms with van der Waals surface area (Å²) in [6, 6.07) is 6.41. The maximum Gasteiger partial charge on any atom is 0.242 e. The van der Waals surface area contributed by atoms with E-state index in [1.807, 2.05) is 0 Å². The van der Waals surface area contributed by atoms with Gasteiger partial charge in [0.2, 0.25) is 10.0 Å². The molecule has 0 spiro atoms. The van der Waals surface area contributed by atoms with Crippen LogP contribution < -0.4 is 16.0 Å². The van der Waals surface area contributed by atoms with Crippen LogP contribution in [0.2, 0.25) is 0 Å². The number of nitrogen functional groups attached to an aromatic ring is 1. The van der Waals surface area contributed by atoms with Crippen LogP contribution in [0, 0.1) is 0 Å². The van der Waals surface area contributed by atoms with Gasteiger partial charge in [-0.25, -0.2) is 13.1 Å². The molecule has 0 amide bonds. The zero-order valence-electron chi connectivity index (χ0n) is 9.80. The third-order valence-electron chi connectivity index (χ3n) is 2.30. The van der Waals surface area contributed by atoms with Crippen LogP contribution in [0.15, 0.2) is 29.2 Å². The van der Waals surface area contributed by atoms with Crippen molar-refractivity contribution in [3.63, 3.8) is 0 Å². The third-order valence-corrected chi connectivity index (χ3v) is 3.78. The van der Waals surface area contributed by atoms with Gasteiger partial charge in [-0.2, -0.15) is 0 Å². The number of sulfonamides is 1. The second-order valence-corrected chi connectivity index (χ2v) is 5.27. The molecule has 1 aromatic rings. The maximum atomic E-state index is 12.0. The molecule has 1 aromatic carbocycles. The van der Waals surface area contributed by atoms with Crippen LogP contribution in [-0.2, 0) is 14.8 Å². The van der Waals surface area contributed by atoms with E-state index in [1.165, 1.54) is 13.2 Å². The van der Waals surface area contributed by atoms with Crippen molar-refractivity contribution < 1.29 is 13.2 Å². The fourth-order valence-corrected chi connectivity index (χ4v) is 2.49. The minimum absolute atomic E-state index is 0.116. The number of hydrogen-bond acceptors (Lipinski definition) is 5. The van der Waals surface area contributed by atoms with Crippen LogP contribution in [0.5, 0.6) is 0 Å². The van der Waals surface area contributed by atoms with Crippen LogP contribution in [0.3, 0.4) is 0 Å². The molecule has 0 radical (unpaired) electrons. The van der Waals surface area contributed by atoms with Gasteiger partial charge in [-0.05, 0) is 19.1 Å².